The van der Waals surface area contributed by atoms with Gasteiger partial charge in [-0.15, -0.1) is 0 Å². The van der Waals surface area contributed by atoms with Gasteiger partial charge < -0.3 is 19.1 Å². The number of carbonyl (C=O) groups excluding carboxylic acids is 3. The molecule has 1 saturated heterocycles. The van der Waals surface area contributed by atoms with E-state index in [0.29, 0.717) is 39.0 Å². The van der Waals surface area contributed by atoms with E-state index in [-0.39, 0.29) is 17.3 Å². The smallest absolute Gasteiger partial charge is 0.203 e. The van der Waals surface area contributed by atoms with Gasteiger partial charge in [0, 0.05) is 27.8 Å². The molecule has 7 nitrogen and oxygen atoms in total. The monoisotopic (exact) mass is 543 g/mol. The normalized spacial score (nSPS) is 22.0. The number of fused-ring (bicyclic) bond motifs is 5. The average molecular weight is 544 g/mol. The number of hydrogen-bond donors (Lipinski definition) is 0. The fraction of sp³-hybridized carbons (Fsp3) is 0.258. The summed E-state index contributed by atoms with van der Waals surface area (Å²) >= 11 is 6.30. The summed E-state index contributed by atoms with van der Waals surface area (Å²) in [5, 5.41) is 0.548. The lowest BCUT2D eigenvalue weighted by atomic mass is 9.64. The van der Waals surface area contributed by atoms with Gasteiger partial charge in [-0.25, -0.2) is 0 Å². The third kappa shape index (κ3) is 3.26. The second kappa shape index (κ2) is 8.99. The number of nitrogens with zero attached hydrogens (tertiary/aromatic N) is 1. The predicted octanol–water partition coefficient (Wildman–Crippen LogP) is 5.39. The molecule has 0 saturated carbocycles. The lowest BCUT2D eigenvalue weighted by Gasteiger charge is -2.37. The van der Waals surface area contributed by atoms with Crippen LogP contribution in [0.15, 0.2) is 60.7 Å². The van der Waals surface area contributed by atoms with Crippen LogP contribution in [-0.4, -0.2) is 50.8 Å². The Morgan fingerprint density at radius 3 is 2.05 bits per heavy atom. The van der Waals surface area contributed by atoms with E-state index in [1.807, 2.05) is 29.2 Å². The molecule has 1 spiro atoms. The van der Waals surface area contributed by atoms with E-state index in [4.69, 9.17) is 25.8 Å². The van der Waals surface area contributed by atoms with Crippen molar-refractivity contribution in [2.45, 2.75) is 24.9 Å². The summed E-state index contributed by atoms with van der Waals surface area (Å²) in [5.41, 5.74) is 1.23. The predicted molar refractivity (Wildman–Crippen MR) is 148 cm³/mol. The molecule has 0 aromatic heterocycles. The third-order valence-corrected chi connectivity index (χ3v) is 8.46. The molecule has 198 valence electrons. The van der Waals surface area contributed by atoms with Crippen LogP contribution in [0.4, 0.5) is 5.69 Å². The lowest BCUT2D eigenvalue weighted by molar-refractivity contribution is -0.118. The van der Waals surface area contributed by atoms with Crippen LogP contribution < -0.4 is 19.1 Å². The Morgan fingerprint density at radius 2 is 1.51 bits per heavy atom. The molecule has 8 heteroatoms. The van der Waals surface area contributed by atoms with Gasteiger partial charge in [0.05, 0.1) is 33.4 Å². The first kappa shape index (κ1) is 25.2. The molecular formula is C31H26ClNO6. The molecule has 39 heavy (non-hydrogen) atoms. The number of carbonyl (C=O) groups is 3. The van der Waals surface area contributed by atoms with E-state index in [0.717, 1.165) is 11.3 Å². The fourth-order valence-corrected chi connectivity index (χ4v) is 6.94. The largest absolute Gasteiger partial charge is 0.493 e. The maximum Gasteiger partial charge on any atom is 0.203 e. The third-order valence-electron chi connectivity index (χ3n) is 8.23. The van der Waals surface area contributed by atoms with Crippen molar-refractivity contribution in [2.24, 2.45) is 5.41 Å². The van der Waals surface area contributed by atoms with E-state index in [9.17, 15) is 14.4 Å². The van der Waals surface area contributed by atoms with Gasteiger partial charge in [-0.1, -0.05) is 48.0 Å². The van der Waals surface area contributed by atoms with Gasteiger partial charge >= 0.3 is 0 Å². The summed E-state index contributed by atoms with van der Waals surface area (Å²) in [4.78, 5) is 44.6. The second-order valence-corrected chi connectivity index (χ2v) is 10.4. The molecule has 2 heterocycles. The average Bonchev–Trinajstić information content (AvgIpc) is 3.38. The van der Waals surface area contributed by atoms with E-state index in [1.54, 1.807) is 42.5 Å². The molecule has 0 amide bonds. The van der Waals surface area contributed by atoms with Crippen molar-refractivity contribution in [3.63, 3.8) is 0 Å². The van der Waals surface area contributed by atoms with Crippen molar-refractivity contribution in [1.29, 1.82) is 0 Å². The Hall–Kier alpha value is -4.10. The number of methoxy groups -OCH3 is 3. The van der Waals surface area contributed by atoms with Crippen LogP contribution in [0.25, 0.3) is 6.08 Å². The van der Waals surface area contributed by atoms with Gasteiger partial charge in [-0.2, -0.15) is 0 Å². The summed E-state index contributed by atoms with van der Waals surface area (Å²) < 4.78 is 16.8. The molecule has 0 radical (unpaired) electrons. The van der Waals surface area contributed by atoms with Crippen molar-refractivity contribution >= 4 is 40.7 Å². The minimum Gasteiger partial charge on any atom is -0.493 e. The summed E-state index contributed by atoms with van der Waals surface area (Å²) in [7, 11) is 4.51. The van der Waals surface area contributed by atoms with Crippen LogP contribution in [0.2, 0.25) is 5.02 Å². The van der Waals surface area contributed by atoms with Crippen molar-refractivity contribution in [1.82, 2.24) is 0 Å². The molecule has 3 aromatic carbocycles. The van der Waals surface area contributed by atoms with Crippen LogP contribution in [-0.2, 0) is 4.79 Å². The number of Topliss-reactive ketones (excluding diaryl/α,β-unsaturated/α-hetero) is 3. The van der Waals surface area contributed by atoms with Gasteiger partial charge in [-0.05, 0) is 48.4 Å². The molecule has 0 bridgehead atoms. The van der Waals surface area contributed by atoms with Crippen LogP contribution in [0.5, 0.6) is 17.2 Å². The lowest BCUT2D eigenvalue weighted by Crippen LogP contribution is -2.48. The first-order valence-corrected chi connectivity index (χ1v) is 12.9. The van der Waals surface area contributed by atoms with Crippen molar-refractivity contribution in [3.05, 3.63) is 87.9 Å². The Kier molecular flexibility index (Phi) is 5.81. The topological polar surface area (TPSA) is 82.1 Å². The number of halogens is 1. The maximum atomic E-state index is 14.5. The zero-order valence-electron chi connectivity index (χ0n) is 21.9. The van der Waals surface area contributed by atoms with Crippen molar-refractivity contribution in [3.8, 4) is 17.2 Å². The van der Waals surface area contributed by atoms with Gasteiger partial charge in [0.25, 0.3) is 0 Å². The van der Waals surface area contributed by atoms with Crippen LogP contribution in [0.3, 0.4) is 0 Å². The van der Waals surface area contributed by atoms with E-state index in [2.05, 4.69) is 0 Å². The summed E-state index contributed by atoms with van der Waals surface area (Å²) in [6.45, 7) is 1.50. The Labute approximate surface area is 230 Å². The molecule has 2 aliphatic heterocycles. The molecule has 6 rings (SSSR count). The first-order valence-electron chi connectivity index (χ1n) is 12.5. The van der Waals surface area contributed by atoms with Crippen LogP contribution >= 0.6 is 11.6 Å². The SMILES string of the molecule is COc1cc([C@@H]2[C@H](C(C)=O)N3c4ccc(Cl)cc4C=C[C@@H]3C23C(=O)c2ccccc2C3=O)cc(OC)c1OC. The Bertz CT molecular complexity index is 1530. The zero-order valence-corrected chi connectivity index (χ0v) is 22.6. The van der Waals surface area contributed by atoms with E-state index in [1.165, 1.54) is 28.3 Å². The van der Waals surface area contributed by atoms with Gasteiger partial charge in [0.2, 0.25) is 5.75 Å². The highest BCUT2D eigenvalue weighted by Crippen LogP contribution is 2.61. The number of anilines is 1. The van der Waals surface area contributed by atoms with Gasteiger partial charge in [-0.3, -0.25) is 14.4 Å². The first-order chi connectivity index (χ1) is 18.8. The highest BCUT2D eigenvalue weighted by Gasteiger charge is 2.71. The summed E-state index contributed by atoms with van der Waals surface area (Å²) in [6.07, 6.45) is 3.73. The zero-order chi connectivity index (χ0) is 27.6. The minimum absolute atomic E-state index is 0.177. The molecule has 3 aromatic rings. The molecule has 1 aliphatic carbocycles. The molecule has 3 atom stereocenters. The minimum atomic E-state index is -1.60. The Morgan fingerprint density at radius 1 is 0.897 bits per heavy atom. The molecular weight excluding hydrogens is 518 g/mol. The summed E-state index contributed by atoms with van der Waals surface area (Å²) in [6, 6.07) is 14.2. The number of rotatable bonds is 5. The van der Waals surface area contributed by atoms with Crippen molar-refractivity contribution in [2.75, 3.05) is 26.2 Å². The van der Waals surface area contributed by atoms with Crippen LogP contribution in [0, 0.1) is 5.41 Å². The quantitative estimate of drug-likeness (QED) is 0.399. The highest BCUT2D eigenvalue weighted by atomic mass is 35.5. The highest BCUT2D eigenvalue weighted by molar-refractivity contribution is 6.32. The summed E-state index contributed by atoms with van der Waals surface area (Å²) in [5.74, 6) is -0.527. The van der Waals surface area contributed by atoms with Gasteiger partial charge in [0.15, 0.2) is 28.8 Å². The fourth-order valence-electron chi connectivity index (χ4n) is 6.75. The van der Waals surface area contributed by atoms with E-state index >= 15 is 0 Å². The Balaban J connectivity index is 1.69. The number of ketones is 3. The molecule has 0 unspecified atom stereocenters. The van der Waals surface area contributed by atoms with Crippen molar-refractivity contribution < 1.29 is 28.6 Å². The standard InChI is InChI=1S/C31H26ClNO6/c1-16(34)27-26(18-14-23(37-2)28(39-4)24(15-18)38-3)31(29(35)20-7-5-6-8-21(20)30(31)36)25-12-9-17-13-19(32)10-11-22(17)33(25)27/h5-15,25-27H,1-4H3/t25-,26-,27+/m1/s1. The number of hydrogen-bond acceptors (Lipinski definition) is 7. The van der Waals surface area contributed by atoms with Crippen LogP contribution in [0.1, 0.15) is 44.7 Å². The molecule has 1 fully saturated rings. The van der Waals surface area contributed by atoms with E-state index < -0.39 is 23.4 Å². The number of benzene rings is 3. The van der Waals surface area contributed by atoms with Gasteiger partial charge in [0.1, 0.15) is 5.41 Å². The number of ether oxygens (including phenoxy) is 3. The second-order valence-electron chi connectivity index (χ2n) is 9.98. The molecule has 3 aliphatic rings. The maximum absolute atomic E-state index is 14.5. The molecule has 0 N–H and O–H groups in total.